The van der Waals surface area contributed by atoms with Crippen LogP contribution in [-0.4, -0.2) is 34.0 Å². The van der Waals surface area contributed by atoms with Crippen molar-refractivity contribution in [3.63, 3.8) is 0 Å². The van der Waals surface area contributed by atoms with E-state index in [4.69, 9.17) is 23.2 Å². The van der Waals surface area contributed by atoms with Crippen LogP contribution in [-0.2, 0) is 0 Å². The Morgan fingerprint density at radius 3 is 1.44 bits per heavy atom. The second-order valence-corrected chi connectivity index (χ2v) is 3.56. The molecule has 0 aromatic carbocycles. The highest BCUT2D eigenvalue weighted by Gasteiger charge is 2.12. The van der Waals surface area contributed by atoms with Crippen molar-refractivity contribution < 1.29 is 0 Å². The van der Waals surface area contributed by atoms with Crippen molar-refractivity contribution in [3.8, 4) is 0 Å². The van der Waals surface area contributed by atoms with E-state index >= 15 is 0 Å². The monoisotopic (exact) mass is 258 g/mol. The third kappa shape index (κ3) is 1.81. The summed E-state index contributed by atoms with van der Waals surface area (Å²) in [5, 5.41) is 6.00. The molecule has 0 spiro atoms. The van der Waals surface area contributed by atoms with Gasteiger partial charge in [-0.05, 0) is 23.2 Å². The molecule has 0 saturated carbocycles. The molecule has 2 heterocycles. The van der Waals surface area contributed by atoms with Crippen LogP contribution < -0.4 is 10.6 Å². The number of nitrogens with one attached hydrogen (secondary N) is 2. The molecule has 8 heteroatoms. The minimum absolute atomic E-state index is 0.124. The van der Waals surface area contributed by atoms with E-state index in [-0.39, 0.29) is 10.6 Å². The summed E-state index contributed by atoms with van der Waals surface area (Å²) in [5.41, 5.74) is 1.05. The number of rotatable bonds is 2. The number of anilines is 2. The normalized spacial score (nSPS) is 10.5. The van der Waals surface area contributed by atoms with E-state index in [0.717, 1.165) is 0 Å². The number of fused-ring (bicyclic) bond motifs is 1. The molecule has 0 atom stereocenters. The minimum Gasteiger partial charge on any atom is -0.371 e. The molecule has 0 unspecified atom stereocenters. The number of aromatic nitrogens is 4. The molecule has 0 amide bonds. The van der Waals surface area contributed by atoms with Crippen LogP contribution in [0.5, 0.6) is 0 Å². The molecule has 0 aliphatic rings. The Kier molecular flexibility index (Phi) is 2.93. The lowest BCUT2D eigenvalue weighted by atomic mass is 10.4. The van der Waals surface area contributed by atoms with Crippen molar-refractivity contribution in [3.05, 3.63) is 10.6 Å². The largest absolute Gasteiger partial charge is 0.371 e. The third-order valence-electron chi connectivity index (χ3n) is 1.96. The van der Waals surface area contributed by atoms with E-state index in [9.17, 15) is 0 Å². The summed E-state index contributed by atoms with van der Waals surface area (Å²) in [6.45, 7) is 0. The lowest BCUT2D eigenvalue weighted by Gasteiger charge is -2.07. The van der Waals surface area contributed by atoms with E-state index in [1.54, 1.807) is 14.1 Å². The molecule has 0 saturated heterocycles. The fourth-order valence-corrected chi connectivity index (χ4v) is 1.65. The molecule has 0 aliphatic carbocycles. The molecule has 2 aromatic rings. The first-order valence-corrected chi connectivity index (χ1v) is 5.17. The summed E-state index contributed by atoms with van der Waals surface area (Å²) in [7, 11) is 3.43. The van der Waals surface area contributed by atoms with Gasteiger partial charge < -0.3 is 10.6 Å². The minimum atomic E-state index is 0.124. The first-order chi connectivity index (χ1) is 7.65. The molecule has 0 bridgehead atoms. The molecular formula is C8H8Cl2N6. The van der Waals surface area contributed by atoms with Gasteiger partial charge in [0.15, 0.2) is 11.6 Å². The molecule has 2 aromatic heterocycles. The maximum Gasteiger partial charge on any atom is 0.225 e. The lowest BCUT2D eigenvalue weighted by Crippen LogP contribution is -2.03. The molecule has 0 fully saturated rings. The molecule has 2 rings (SSSR count). The number of hydrogen-bond donors (Lipinski definition) is 2. The summed E-state index contributed by atoms with van der Waals surface area (Å²) in [6.07, 6.45) is 0. The van der Waals surface area contributed by atoms with Crippen molar-refractivity contribution in [2.75, 3.05) is 24.7 Å². The summed E-state index contributed by atoms with van der Waals surface area (Å²) in [5.74, 6) is 1.02. The topological polar surface area (TPSA) is 75.6 Å². The van der Waals surface area contributed by atoms with Gasteiger partial charge in [-0.2, -0.15) is 9.97 Å². The van der Waals surface area contributed by atoms with Crippen LogP contribution >= 0.6 is 23.2 Å². The predicted octanol–water partition coefficient (Wildman–Crippen LogP) is 1.81. The van der Waals surface area contributed by atoms with E-state index in [2.05, 4.69) is 30.6 Å². The molecule has 2 N–H and O–H groups in total. The van der Waals surface area contributed by atoms with Gasteiger partial charge in [0.25, 0.3) is 0 Å². The molecular weight excluding hydrogens is 251 g/mol. The Morgan fingerprint density at radius 1 is 0.750 bits per heavy atom. The Hall–Kier alpha value is -1.40. The van der Waals surface area contributed by atoms with Crippen molar-refractivity contribution in [1.82, 2.24) is 19.9 Å². The molecule has 0 aliphatic heterocycles. The van der Waals surface area contributed by atoms with Crippen molar-refractivity contribution in [2.24, 2.45) is 0 Å². The van der Waals surface area contributed by atoms with Crippen LogP contribution in [0, 0.1) is 0 Å². The van der Waals surface area contributed by atoms with Crippen molar-refractivity contribution in [1.29, 1.82) is 0 Å². The quantitative estimate of drug-likeness (QED) is 0.801. The lowest BCUT2D eigenvalue weighted by molar-refractivity contribution is 1.14. The van der Waals surface area contributed by atoms with Gasteiger partial charge >= 0.3 is 0 Å². The van der Waals surface area contributed by atoms with Crippen molar-refractivity contribution in [2.45, 2.75) is 0 Å². The van der Waals surface area contributed by atoms with Gasteiger partial charge in [0.2, 0.25) is 10.6 Å². The number of hydrogen-bond acceptors (Lipinski definition) is 6. The highest BCUT2D eigenvalue weighted by molar-refractivity contribution is 6.30. The standard InChI is InChI=1S/C8H8Cl2N6/c1-11-5-3-4(14-7(9)15-5)6(12-2)16-8(10)13-3/h1-2H3,(H,11,14,15)(H,12,13,16). The first-order valence-electron chi connectivity index (χ1n) is 4.42. The Bertz CT molecular complexity index is 494. The van der Waals surface area contributed by atoms with E-state index < -0.39 is 0 Å². The average Bonchev–Trinajstić information content (AvgIpc) is 2.27. The van der Waals surface area contributed by atoms with Crippen LogP contribution in [0.2, 0.25) is 10.6 Å². The average molecular weight is 259 g/mol. The zero-order chi connectivity index (χ0) is 11.7. The fraction of sp³-hybridized carbons (Fsp3) is 0.250. The highest BCUT2D eigenvalue weighted by Crippen LogP contribution is 2.25. The maximum atomic E-state index is 5.79. The van der Waals surface area contributed by atoms with Crippen LogP contribution in [0.4, 0.5) is 11.6 Å². The maximum absolute atomic E-state index is 5.79. The number of halogens is 2. The van der Waals surface area contributed by atoms with E-state index in [1.165, 1.54) is 0 Å². The second-order valence-electron chi connectivity index (χ2n) is 2.88. The van der Waals surface area contributed by atoms with Crippen LogP contribution in [0.3, 0.4) is 0 Å². The molecule has 84 valence electrons. The van der Waals surface area contributed by atoms with Gasteiger partial charge in [-0.15, -0.1) is 0 Å². The Labute approximate surface area is 101 Å². The zero-order valence-electron chi connectivity index (χ0n) is 8.54. The van der Waals surface area contributed by atoms with Crippen molar-refractivity contribution >= 4 is 45.9 Å². The fourth-order valence-electron chi connectivity index (χ4n) is 1.31. The molecule has 0 radical (unpaired) electrons. The third-order valence-corrected chi connectivity index (χ3v) is 2.30. The van der Waals surface area contributed by atoms with Gasteiger partial charge in [-0.25, -0.2) is 9.97 Å². The van der Waals surface area contributed by atoms with Gasteiger partial charge in [0.05, 0.1) is 0 Å². The Morgan fingerprint density at radius 2 is 1.12 bits per heavy atom. The smallest absolute Gasteiger partial charge is 0.225 e. The van der Waals surface area contributed by atoms with Crippen LogP contribution in [0.1, 0.15) is 0 Å². The zero-order valence-corrected chi connectivity index (χ0v) is 10.1. The second kappa shape index (κ2) is 4.23. The van der Waals surface area contributed by atoms with Gasteiger partial charge in [0, 0.05) is 14.1 Å². The summed E-state index contributed by atoms with van der Waals surface area (Å²) in [6, 6.07) is 0. The summed E-state index contributed by atoms with van der Waals surface area (Å²) in [4.78, 5) is 16.1. The molecule has 16 heavy (non-hydrogen) atoms. The van der Waals surface area contributed by atoms with Gasteiger partial charge in [-0.1, -0.05) is 0 Å². The molecule has 6 nitrogen and oxygen atoms in total. The first kappa shape index (κ1) is 11.1. The van der Waals surface area contributed by atoms with E-state index in [1.807, 2.05) is 0 Å². The Balaban J connectivity index is 2.87. The summed E-state index contributed by atoms with van der Waals surface area (Å²) < 4.78 is 0. The van der Waals surface area contributed by atoms with Crippen LogP contribution in [0.15, 0.2) is 0 Å². The predicted molar refractivity (Wildman–Crippen MR) is 64.2 cm³/mol. The van der Waals surface area contributed by atoms with Gasteiger partial charge in [0.1, 0.15) is 11.0 Å². The van der Waals surface area contributed by atoms with Gasteiger partial charge in [-0.3, -0.25) is 0 Å². The summed E-state index contributed by atoms with van der Waals surface area (Å²) >= 11 is 11.6. The SMILES string of the molecule is CNc1nc(Cl)nc2c(NC)nc(Cl)nc12. The highest BCUT2D eigenvalue weighted by atomic mass is 35.5. The van der Waals surface area contributed by atoms with Crippen LogP contribution in [0.25, 0.3) is 11.0 Å². The van der Waals surface area contributed by atoms with E-state index in [0.29, 0.717) is 22.7 Å². The number of nitrogens with zero attached hydrogens (tertiary/aromatic N) is 4.